The van der Waals surface area contributed by atoms with Gasteiger partial charge in [-0.25, -0.2) is 9.18 Å². The highest BCUT2D eigenvalue weighted by molar-refractivity contribution is 7.99. The minimum absolute atomic E-state index is 0.0114. The lowest BCUT2D eigenvalue weighted by molar-refractivity contribution is -0.136. The zero-order valence-corrected chi connectivity index (χ0v) is 18.5. The van der Waals surface area contributed by atoms with E-state index in [-0.39, 0.29) is 29.6 Å². The maximum Gasteiger partial charge on any atom is 0.321 e. The molecule has 2 saturated heterocycles. The van der Waals surface area contributed by atoms with Crippen LogP contribution in [0, 0.1) is 18.7 Å². The van der Waals surface area contributed by atoms with E-state index in [2.05, 4.69) is 5.32 Å². The van der Waals surface area contributed by atoms with Gasteiger partial charge in [-0.05, 0) is 42.7 Å². The van der Waals surface area contributed by atoms with Gasteiger partial charge in [0.2, 0.25) is 5.91 Å². The van der Waals surface area contributed by atoms with Crippen LogP contribution < -0.4 is 5.32 Å². The quantitative estimate of drug-likeness (QED) is 0.771. The summed E-state index contributed by atoms with van der Waals surface area (Å²) in [5.41, 5.74) is 2.28. The molecule has 3 amide bonds. The van der Waals surface area contributed by atoms with Gasteiger partial charge in [0.15, 0.2) is 0 Å². The van der Waals surface area contributed by atoms with Crippen LogP contribution in [0.3, 0.4) is 0 Å². The molecule has 0 aliphatic carbocycles. The van der Waals surface area contributed by atoms with Crippen molar-refractivity contribution in [2.24, 2.45) is 5.92 Å². The first-order valence-corrected chi connectivity index (χ1v) is 11.9. The predicted molar refractivity (Wildman–Crippen MR) is 123 cm³/mol. The zero-order chi connectivity index (χ0) is 21.8. The summed E-state index contributed by atoms with van der Waals surface area (Å²) >= 11 is 1.87. The lowest BCUT2D eigenvalue weighted by Crippen LogP contribution is -2.51. The molecule has 2 fully saturated rings. The van der Waals surface area contributed by atoms with Crippen LogP contribution in [0.15, 0.2) is 48.5 Å². The van der Waals surface area contributed by atoms with E-state index in [4.69, 9.17) is 0 Å². The van der Waals surface area contributed by atoms with Crippen LogP contribution in [0.25, 0.3) is 0 Å². The number of carbonyl (C=O) groups excluding carboxylic acids is 2. The van der Waals surface area contributed by atoms with Gasteiger partial charge in [-0.3, -0.25) is 4.79 Å². The summed E-state index contributed by atoms with van der Waals surface area (Å²) in [4.78, 5) is 30.0. The molecule has 0 bridgehead atoms. The number of thioether (sulfide) groups is 1. The number of para-hydroxylation sites is 1. The van der Waals surface area contributed by atoms with E-state index in [9.17, 15) is 14.0 Å². The first-order valence-electron chi connectivity index (χ1n) is 10.7. The molecule has 2 atom stereocenters. The van der Waals surface area contributed by atoms with Crippen LogP contribution in [0.4, 0.5) is 14.9 Å². The number of amides is 3. The first kappa shape index (κ1) is 21.7. The van der Waals surface area contributed by atoms with Crippen LogP contribution in [-0.4, -0.2) is 59.4 Å². The van der Waals surface area contributed by atoms with E-state index in [0.717, 1.165) is 35.8 Å². The highest BCUT2D eigenvalue weighted by Crippen LogP contribution is 2.33. The highest BCUT2D eigenvalue weighted by atomic mass is 32.2. The maximum absolute atomic E-state index is 13.8. The van der Waals surface area contributed by atoms with Gasteiger partial charge in [0.1, 0.15) is 5.82 Å². The number of urea groups is 1. The van der Waals surface area contributed by atoms with Crippen LogP contribution in [-0.2, 0) is 4.79 Å². The van der Waals surface area contributed by atoms with Gasteiger partial charge >= 0.3 is 6.03 Å². The lowest BCUT2D eigenvalue weighted by Gasteiger charge is -2.40. The lowest BCUT2D eigenvalue weighted by atomic mass is 9.83. The molecule has 2 aromatic carbocycles. The van der Waals surface area contributed by atoms with E-state index in [1.807, 2.05) is 53.1 Å². The monoisotopic (exact) mass is 441 g/mol. The van der Waals surface area contributed by atoms with Crippen molar-refractivity contribution >= 4 is 29.4 Å². The molecular formula is C24H28FN3O2S. The van der Waals surface area contributed by atoms with Crippen molar-refractivity contribution in [2.45, 2.75) is 19.3 Å². The molecule has 5 nitrogen and oxygen atoms in total. The number of aryl methyl sites for hydroxylation is 1. The molecule has 2 aliphatic rings. The normalized spacial score (nSPS) is 21.6. The third kappa shape index (κ3) is 5.21. The summed E-state index contributed by atoms with van der Waals surface area (Å²) in [5, 5.41) is 2.94. The van der Waals surface area contributed by atoms with Gasteiger partial charge < -0.3 is 15.1 Å². The Morgan fingerprint density at radius 1 is 1.03 bits per heavy atom. The average Bonchev–Trinajstić information content (AvgIpc) is 2.81. The van der Waals surface area contributed by atoms with Crippen LogP contribution in [0.2, 0.25) is 0 Å². The Hall–Kier alpha value is -2.54. The second kappa shape index (κ2) is 9.73. The Morgan fingerprint density at radius 3 is 2.48 bits per heavy atom. The fraction of sp³-hybridized carbons (Fsp3) is 0.417. The van der Waals surface area contributed by atoms with Crippen LogP contribution >= 0.6 is 11.8 Å². The SMILES string of the molecule is Cc1cc([C@@H]2C[C@@H](C(=O)N3CCSCC3)CN(C(=O)Nc3ccccc3)C2)ccc1F. The number of halogens is 1. The molecule has 0 aromatic heterocycles. The number of rotatable bonds is 3. The van der Waals surface area contributed by atoms with E-state index in [1.165, 1.54) is 6.07 Å². The Bertz CT molecular complexity index is 934. The number of nitrogens with one attached hydrogen (secondary N) is 1. The molecule has 4 rings (SSSR count). The van der Waals surface area contributed by atoms with Crippen LogP contribution in [0.5, 0.6) is 0 Å². The van der Waals surface area contributed by atoms with Crippen LogP contribution in [0.1, 0.15) is 23.5 Å². The smallest absolute Gasteiger partial charge is 0.321 e. The molecule has 2 aliphatic heterocycles. The molecule has 1 N–H and O–H groups in total. The Labute approximate surface area is 187 Å². The molecule has 164 valence electrons. The fourth-order valence-corrected chi connectivity index (χ4v) is 5.28. The highest BCUT2D eigenvalue weighted by Gasteiger charge is 2.37. The summed E-state index contributed by atoms with van der Waals surface area (Å²) < 4.78 is 13.8. The molecule has 31 heavy (non-hydrogen) atoms. The molecule has 7 heteroatoms. The average molecular weight is 442 g/mol. The van der Waals surface area contributed by atoms with Gasteiger partial charge in [0.05, 0.1) is 5.92 Å². The number of nitrogens with zero attached hydrogens (tertiary/aromatic N) is 2. The minimum Gasteiger partial charge on any atom is -0.341 e. The molecule has 0 unspecified atom stereocenters. The maximum atomic E-state index is 13.8. The third-order valence-electron chi connectivity index (χ3n) is 6.09. The van der Waals surface area contributed by atoms with E-state index < -0.39 is 0 Å². The second-order valence-electron chi connectivity index (χ2n) is 8.28. The zero-order valence-electron chi connectivity index (χ0n) is 17.7. The Morgan fingerprint density at radius 2 is 1.77 bits per heavy atom. The number of benzene rings is 2. The standard InChI is InChI=1S/C24H28FN3O2S/c1-17-13-18(7-8-22(17)25)19-14-20(23(29)27-9-11-31-12-10-27)16-28(15-19)24(30)26-21-5-3-2-4-6-21/h2-8,13,19-20H,9-12,14-16H2,1H3,(H,26,30)/t19-,20-/m1/s1. The molecule has 0 spiro atoms. The number of likely N-dealkylation sites (tertiary alicyclic amines) is 1. The number of anilines is 1. The van der Waals surface area contributed by atoms with E-state index in [1.54, 1.807) is 17.9 Å². The number of piperidine rings is 1. The van der Waals surface area contributed by atoms with E-state index in [0.29, 0.717) is 25.1 Å². The number of hydrogen-bond donors (Lipinski definition) is 1. The molecular weight excluding hydrogens is 413 g/mol. The summed E-state index contributed by atoms with van der Waals surface area (Å²) in [5.74, 6) is 1.53. The summed E-state index contributed by atoms with van der Waals surface area (Å²) in [6, 6.07) is 14.2. The predicted octanol–water partition coefficient (Wildman–Crippen LogP) is 4.35. The summed E-state index contributed by atoms with van der Waals surface area (Å²) in [6.07, 6.45) is 0.669. The summed E-state index contributed by atoms with van der Waals surface area (Å²) in [7, 11) is 0. The largest absolute Gasteiger partial charge is 0.341 e. The van der Waals surface area contributed by atoms with Gasteiger partial charge in [-0.1, -0.05) is 30.3 Å². The van der Waals surface area contributed by atoms with E-state index >= 15 is 0 Å². The van der Waals surface area contributed by atoms with Crippen molar-refractivity contribution in [3.63, 3.8) is 0 Å². The van der Waals surface area contributed by atoms with Crippen molar-refractivity contribution in [3.05, 3.63) is 65.5 Å². The van der Waals surface area contributed by atoms with Crippen molar-refractivity contribution in [3.8, 4) is 0 Å². The van der Waals surface area contributed by atoms with Crippen molar-refractivity contribution in [1.82, 2.24) is 9.80 Å². The van der Waals surface area contributed by atoms with Crippen molar-refractivity contribution in [2.75, 3.05) is 43.0 Å². The second-order valence-corrected chi connectivity index (χ2v) is 9.50. The topological polar surface area (TPSA) is 52.7 Å². The minimum atomic E-state index is -0.256. The molecule has 2 heterocycles. The van der Waals surface area contributed by atoms with Crippen molar-refractivity contribution in [1.29, 1.82) is 0 Å². The molecule has 0 radical (unpaired) electrons. The number of carbonyl (C=O) groups is 2. The van der Waals surface area contributed by atoms with Gasteiger partial charge in [0.25, 0.3) is 0 Å². The number of hydrogen-bond acceptors (Lipinski definition) is 3. The Balaban J connectivity index is 1.55. The first-order chi connectivity index (χ1) is 15.0. The Kier molecular flexibility index (Phi) is 6.80. The van der Waals surface area contributed by atoms with Gasteiger partial charge in [0, 0.05) is 49.3 Å². The van der Waals surface area contributed by atoms with Gasteiger partial charge in [-0.2, -0.15) is 11.8 Å². The van der Waals surface area contributed by atoms with Gasteiger partial charge in [-0.15, -0.1) is 0 Å². The molecule has 2 aromatic rings. The fourth-order valence-electron chi connectivity index (χ4n) is 4.37. The van der Waals surface area contributed by atoms with Crippen molar-refractivity contribution < 1.29 is 14.0 Å². The third-order valence-corrected chi connectivity index (χ3v) is 7.03. The summed E-state index contributed by atoms with van der Waals surface area (Å²) in [6.45, 7) is 4.17. The molecule has 0 saturated carbocycles.